The number of primary sulfonamides is 1. The molecule has 2 heterocycles. The van der Waals surface area contributed by atoms with E-state index in [0.717, 1.165) is 4.47 Å². The molecule has 2 rings (SSSR count). The fraction of sp³-hybridized carbons (Fsp3) is 0.250. The monoisotopic (exact) mass is 319 g/mol. The van der Waals surface area contributed by atoms with Crippen LogP contribution in [-0.4, -0.2) is 35.3 Å². The van der Waals surface area contributed by atoms with Gasteiger partial charge in [-0.25, -0.2) is 18.1 Å². The molecule has 0 aliphatic heterocycles. The molecule has 0 fully saturated rings. The van der Waals surface area contributed by atoms with Crippen LogP contribution in [0.4, 0.5) is 5.95 Å². The number of aromatic nitrogens is 3. The normalized spacial score (nSPS) is 11.9. The number of hydrogen-bond acceptors (Lipinski definition) is 5. The predicted molar refractivity (Wildman–Crippen MR) is 67.2 cm³/mol. The molecular formula is C8H10BrN5O2S. The maximum Gasteiger partial charge on any atom is 0.243 e. The quantitative estimate of drug-likeness (QED) is 0.837. The van der Waals surface area contributed by atoms with Crippen LogP contribution in [0.1, 0.15) is 0 Å². The summed E-state index contributed by atoms with van der Waals surface area (Å²) >= 11 is 3.34. The highest BCUT2D eigenvalue weighted by atomic mass is 79.9. The molecule has 0 saturated heterocycles. The molecule has 0 bridgehead atoms. The summed E-state index contributed by atoms with van der Waals surface area (Å²) in [6, 6.07) is 3.66. The number of anilines is 1. The molecular weight excluding hydrogens is 310 g/mol. The van der Waals surface area contributed by atoms with Crippen molar-refractivity contribution < 1.29 is 8.42 Å². The number of nitrogens with one attached hydrogen (secondary N) is 1. The summed E-state index contributed by atoms with van der Waals surface area (Å²) in [7, 11) is -3.47. The smallest absolute Gasteiger partial charge is 0.243 e. The molecule has 0 aliphatic rings. The third kappa shape index (κ3) is 3.14. The average Bonchev–Trinajstić information content (AvgIpc) is 2.60. The Morgan fingerprint density at radius 3 is 2.94 bits per heavy atom. The molecule has 0 unspecified atom stereocenters. The molecule has 0 saturated carbocycles. The Labute approximate surface area is 106 Å². The minimum atomic E-state index is -3.47. The molecule has 0 atom stereocenters. The van der Waals surface area contributed by atoms with Crippen LogP contribution in [0, 0.1) is 0 Å². The lowest BCUT2D eigenvalue weighted by atomic mass is 10.5. The Kier molecular flexibility index (Phi) is 3.31. The summed E-state index contributed by atoms with van der Waals surface area (Å²) in [5, 5.41) is 11.8. The number of nitrogens with two attached hydrogens (primary N) is 1. The number of sulfonamides is 1. The molecule has 3 N–H and O–H groups in total. The van der Waals surface area contributed by atoms with Crippen molar-refractivity contribution in [1.29, 1.82) is 0 Å². The van der Waals surface area contributed by atoms with Gasteiger partial charge in [0.1, 0.15) is 0 Å². The fourth-order valence-electron chi connectivity index (χ4n) is 1.25. The zero-order chi connectivity index (χ0) is 12.5. The van der Waals surface area contributed by atoms with Gasteiger partial charge in [-0.1, -0.05) is 0 Å². The van der Waals surface area contributed by atoms with Crippen molar-refractivity contribution in [3.8, 4) is 0 Å². The van der Waals surface area contributed by atoms with Gasteiger partial charge in [0.05, 0.1) is 10.2 Å². The Bertz CT molecular complexity index is 638. The number of hydrogen-bond donors (Lipinski definition) is 2. The lowest BCUT2D eigenvalue weighted by molar-refractivity contribution is 0.598. The van der Waals surface area contributed by atoms with Crippen molar-refractivity contribution in [3.63, 3.8) is 0 Å². The van der Waals surface area contributed by atoms with Crippen LogP contribution in [0.15, 0.2) is 22.8 Å². The number of pyridine rings is 1. The highest BCUT2D eigenvalue weighted by Crippen LogP contribution is 2.16. The van der Waals surface area contributed by atoms with Crippen LogP contribution in [0.25, 0.3) is 5.65 Å². The predicted octanol–water partition coefficient (Wildman–Crippen LogP) is 0.192. The molecule has 0 aliphatic carbocycles. The van der Waals surface area contributed by atoms with Gasteiger partial charge in [0.15, 0.2) is 5.65 Å². The summed E-state index contributed by atoms with van der Waals surface area (Å²) in [6.07, 6.45) is 1.75. The van der Waals surface area contributed by atoms with E-state index in [1.807, 2.05) is 12.1 Å². The van der Waals surface area contributed by atoms with Crippen molar-refractivity contribution in [2.75, 3.05) is 17.6 Å². The molecule has 0 radical (unpaired) electrons. The first-order valence-electron chi connectivity index (χ1n) is 4.71. The van der Waals surface area contributed by atoms with Crippen molar-refractivity contribution in [2.24, 2.45) is 5.14 Å². The molecule has 0 spiro atoms. The summed E-state index contributed by atoms with van der Waals surface area (Å²) in [5.74, 6) is 0.199. The minimum absolute atomic E-state index is 0.163. The van der Waals surface area contributed by atoms with Crippen LogP contribution >= 0.6 is 15.9 Å². The Hall–Kier alpha value is -1.19. The van der Waals surface area contributed by atoms with Gasteiger partial charge in [-0.3, -0.25) is 0 Å². The van der Waals surface area contributed by atoms with Crippen molar-refractivity contribution >= 4 is 37.5 Å². The second-order valence-electron chi connectivity index (χ2n) is 3.35. The first-order valence-corrected chi connectivity index (χ1v) is 7.22. The Morgan fingerprint density at radius 1 is 1.53 bits per heavy atom. The summed E-state index contributed by atoms with van der Waals surface area (Å²) in [6.45, 7) is 0.174. The van der Waals surface area contributed by atoms with E-state index in [1.165, 1.54) is 0 Å². The van der Waals surface area contributed by atoms with Crippen LogP contribution in [0.3, 0.4) is 0 Å². The van der Waals surface area contributed by atoms with E-state index in [-0.39, 0.29) is 12.3 Å². The average molecular weight is 320 g/mol. The standard InChI is InChI=1S/C8H10BrN5O2S/c9-6-2-1-4-14-7(6)12-8(13-14)11-3-5-17(10,15)16/h1-2,4H,3,5H2,(H,11,13)(H2,10,15,16). The second kappa shape index (κ2) is 4.59. The van der Waals surface area contributed by atoms with E-state index in [0.29, 0.717) is 11.6 Å². The van der Waals surface area contributed by atoms with Crippen molar-refractivity contribution in [1.82, 2.24) is 14.6 Å². The van der Waals surface area contributed by atoms with Gasteiger partial charge in [0.25, 0.3) is 0 Å². The summed E-state index contributed by atoms with van der Waals surface area (Å²) < 4.78 is 23.9. The van der Waals surface area contributed by atoms with Gasteiger partial charge in [-0.15, -0.1) is 5.10 Å². The minimum Gasteiger partial charge on any atom is -0.352 e. The SMILES string of the molecule is NS(=O)(=O)CCNc1nc2c(Br)cccn2n1. The van der Waals surface area contributed by atoms with Crippen LogP contribution in [-0.2, 0) is 10.0 Å². The number of halogens is 1. The molecule has 0 aromatic carbocycles. The van der Waals surface area contributed by atoms with E-state index in [1.54, 1.807) is 10.7 Å². The van der Waals surface area contributed by atoms with Crippen molar-refractivity contribution in [3.05, 3.63) is 22.8 Å². The first kappa shape index (κ1) is 12.3. The highest BCUT2D eigenvalue weighted by Gasteiger charge is 2.07. The lowest BCUT2D eigenvalue weighted by Gasteiger charge is -1.98. The van der Waals surface area contributed by atoms with Crippen LogP contribution in [0.2, 0.25) is 0 Å². The molecule has 2 aromatic rings. The van der Waals surface area contributed by atoms with Gasteiger partial charge in [0.2, 0.25) is 16.0 Å². The van der Waals surface area contributed by atoms with E-state index in [2.05, 4.69) is 31.3 Å². The lowest BCUT2D eigenvalue weighted by Crippen LogP contribution is -2.22. The summed E-state index contributed by atoms with van der Waals surface area (Å²) in [5.41, 5.74) is 0.658. The Morgan fingerprint density at radius 2 is 2.29 bits per heavy atom. The van der Waals surface area contributed by atoms with E-state index >= 15 is 0 Å². The first-order chi connectivity index (χ1) is 7.96. The van der Waals surface area contributed by atoms with E-state index < -0.39 is 10.0 Å². The van der Waals surface area contributed by atoms with Gasteiger partial charge < -0.3 is 5.32 Å². The summed E-state index contributed by atoms with van der Waals surface area (Å²) in [4.78, 5) is 4.19. The van der Waals surface area contributed by atoms with Crippen molar-refractivity contribution in [2.45, 2.75) is 0 Å². The molecule has 0 amide bonds. The molecule has 17 heavy (non-hydrogen) atoms. The Balaban J connectivity index is 2.12. The zero-order valence-corrected chi connectivity index (χ0v) is 11.1. The number of nitrogens with zero attached hydrogens (tertiary/aromatic N) is 3. The second-order valence-corrected chi connectivity index (χ2v) is 5.94. The topological polar surface area (TPSA) is 102 Å². The van der Waals surface area contributed by atoms with Gasteiger partial charge in [-0.05, 0) is 28.1 Å². The maximum absolute atomic E-state index is 10.7. The highest BCUT2D eigenvalue weighted by molar-refractivity contribution is 9.10. The molecule has 9 heteroatoms. The third-order valence-electron chi connectivity index (χ3n) is 1.98. The van der Waals surface area contributed by atoms with Crippen LogP contribution < -0.4 is 10.5 Å². The van der Waals surface area contributed by atoms with Gasteiger partial charge >= 0.3 is 0 Å². The molecule has 2 aromatic heterocycles. The maximum atomic E-state index is 10.7. The zero-order valence-electron chi connectivity index (χ0n) is 8.67. The number of fused-ring (bicyclic) bond motifs is 1. The largest absolute Gasteiger partial charge is 0.352 e. The number of rotatable bonds is 4. The van der Waals surface area contributed by atoms with E-state index in [9.17, 15) is 8.42 Å². The van der Waals surface area contributed by atoms with Crippen LogP contribution in [0.5, 0.6) is 0 Å². The van der Waals surface area contributed by atoms with Gasteiger partial charge in [0, 0.05) is 12.7 Å². The van der Waals surface area contributed by atoms with Gasteiger partial charge in [-0.2, -0.15) is 4.98 Å². The van der Waals surface area contributed by atoms with E-state index in [4.69, 9.17) is 5.14 Å². The fourth-order valence-corrected chi connectivity index (χ4v) is 2.06. The molecule has 92 valence electrons. The third-order valence-corrected chi connectivity index (χ3v) is 3.38. The molecule has 7 nitrogen and oxygen atoms in total.